The standard InChI is InChI=1S/C30H34N8O3/c1-22-18-27(35-29(33-22)37-15-14-31-21-37)38-17-16-36(30(40)34-24-6-4-3-5-7-24)20-25(38)19-28(39)32-13-12-23-8-10-26(41-2)11-9-23/h3-11,14-15,18,21,25H,12-13,16-17,19-20H2,1-2H3,(H,32,39)(H,34,40). The number of amides is 3. The van der Waals surface area contributed by atoms with Crippen LogP contribution in [0.1, 0.15) is 17.7 Å². The van der Waals surface area contributed by atoms with E-state index in [1.807, 2.05) is 67.6 Å². The first-order chi connectivity index (χ1) is 20.0. The Labute approximate surface area is 239 Å². The topological polar surface area (TPSA) is 118 Å². The first-order valence-electron chi connectivity index (χ1n) is 13.6. The van der Waals surface area contributed by atoms with Gasteiger partial charge in [-0.15, -0.1) is 0 Å². The summed E-state index contributed by atoms with van der Waals surface area (Å²) in [4.78, 5) is 43.6. The van der Waals surface area contributed by atoms with E-state index in [1.165, 1.54) is 0 Å². The summed E-state index contributed by atoms with van der Waals surface area (Å²) < 4.78 is 6.97. The fourth-order valence-electron chi connectivity index (χ4n) is 4.84. The number of ether oxygens (including phenoxy) is 1. The van der Waals surface area contributed by atoms with Gasteiger partial charge in [0.25, 0.3) is 0 Å². The molecule has 0 spiro atoms. The smallest absolute Gasteiger partial charge is 0.321 e. The number of urea groups is 1. The second-order valence-electron chi connectivity index (χ2n) is 9.88. The number of carbonyl (C=O) groups is 2. The summed E-state index contributed by atoms with van der Waals surface area (Å²) in [5, 5.41) is 6.01. The molecule has 1 fully saturated rings. The summed E-state index contributed by atoms with van der Waals surface area (Å²) in [6.45, 7) is 3.79. The first kappa shape index (κ1) is 27.6. The van der Waals surface area contributed by atoms with E-state index in [-0.39, 0.29) is 24.4 Å². The fraction of sp³-hybridized carbons (Fsp3) is 0.300. The monoisotopic (exact) mass is 554 g/mol. The summed E-state index contributed by atoms with van der Waals surface area (Å²) in [6.07, 6.45) is 6.03. The summed E-state index contributed by atoms with van der Waals surface area (Å²) in [5.74, 6) is 1.93. The van der Waals surface area contributed by atoms with E-state index >= 15 is 0 Å². The number of carbonyl (C=O) groups excluding carboxylic acids is 2. The molecule has 1 atom stereocenters. The molecule has 3 heterocycles. The molecule has 2 aromatic heterocycles. The minimum atomic E-state index is -0.281. The van der Waals surface area contributed by atoms with Crippen LogP contribution in [0.4, 0.5) is 16.3 Å². The predicted octanol–water partition coefficient (Wildman–Crippen LogP) is 3.45. The number of aryl methyl sites for hydroxylation is 1. The second kappa shape index (κ2) is 12.9. The Morgan fingerprint density at radius 3 is 2.59 bits per heavy atom. The van der Waals surface area contributed by atoms with Gasteiger partial charge < -0.3 is 25.2 Å². The van der Waals surface area contributed by atoms with Crippen LogP contribution in [0.3, 0.4) is 0 Å². The average Bonchev–Trinajstić information content (AvgIpc) is 3.53. The lowest BCUT2D eigenvalue weighted by Gasteiger charge is -2.42. The Morgan fingerprint density at radius 1 is 1.05 bits per heavy atom. The largest absolute Gasteiger partial charge is 0.497 e. The summed E-state index contributed by atoms with van der Waals surface area (Å²) in [5.41, 5.74) is 2.63. The number of nitrogens with one attached hydrogen (secondary N) is 2. The number of aromatic nitrogens is 4. The van der Waals surface area contributed by atoms with Crippen LogP contribution in [0, 0.1) is 6.92 Å². The molecule has 3 amide bonds. The van der Waals surface area contributed by atoms with Crippen LogP contribution in [0.25, 0.3) is 5.95 Å². The number of para-hydroxylation sites is 1. The van der Waals surface area contributed by atoms with E-state index in [2.05, 4.69) is 25.5 Å². The van der Waals surface area contributed by atoms with Crippen molar-refractivity contribution < 1.29 is 14.3 Å². The van der Waals surface area contributed by atoms with Crippen molar-refractivity contribution in [3.63, 3.8) is 0 Å². The van der Waals surface area contributed by atoms with Crippen LogP contribution in [-0.2, 0) is 11.2 Å². The van der Waals surface area contributed by atoms with Crippen LogP contribution >= 0.6 is 0 Å². The lowest BCUT2D eigenvalue weighted by Crippen LogP contribution is -2.57. The predicted molar refractivity (Wildman–Crippen MR) is 156 cm³/mol. The molecule has 5 rings (SSSR count). The molecule has 1 saturated heterocycles. The van der Waals surface area contributed by atoms with E-state index < -0.39 is 0 Å². The molecular formula is C30H34N8O3. The normalized spacial score (nSPS) is 14.9. The highest BCUT2D eigenvalue weighted by atomic mass is 16.5. The Hall–Kier alpha value is -4.93. The fourth-order valence-corrected chi connectivity index (χ4v) is 4.84. The van der Waals surface area contributed by atoms with Gasteiger partial charge in [-0.05, 0) is 43.2 Å². The maximum absolute atomic E-state index is 13.1. The number of anilines is 2. The molecule has 1 aliphatic heterocycles. The molecule has 11 nitrogen and oxygen atoms in total. The summed E-state index contributed by atoms with van der Waals surface area (Å²) in [6, 6.07) is 18.6. The van der Waals surface area contributed by atoms with Crippen molar-refractivity contribution in [3.8, 4) is 11.7 Å². The van der Waals surface area contributed by atoms with Gasteiger partial charge in [0.2, 0.25) is 11.9 Å². The van der Waals surface area contributed by atoms with Crippen molar-refractivity contribution in [2.24, 2.45) is 0 Å². The highest BCUT2D eigenvalue weighted by Crippen LogP contribution is 2.23. The first-order valence-corrected chi connectivity index (χ1v) is 13.6. The van der Waals surface area contributed by atoms with E-state index in [1.54, 1.807) is 35.3 Å². The van der Waals surface area contributed by atoms with E-state index in [4.69, 9.17) is 9.72 Å². The van der Waals surface area contributed by atoms with Gasteiger partial charge in [-0.3, -0.25) is 9.36 Å². The quantitative estimate of drug-likeness (QED) is 0.325. The molecule has 0 bridgehead atoms. The molecular weight excluding hydrogens is 520 g/mol. The maximum atomic E-state index is 13.1. The van der Waals surface area contributed by atoms with Crippen molar-refractivity contribution in [3.05, 3.63) is 90.6 Å². The highest BCUT2D eigenvalue weighted by Gasteiger charge is 2.32. The van der Waals surface area contributed by atoms with Gasteiger partial charge >= 0.3 is 6.03 Å². The molecule has 4 aromatic rings. The van der Waals surface area contributed by atoms with Gasteiger partial charge in [0.15, 0.2) is 0 Å². The maximum Gasteiger partial charge on any atom is 0.321 e. The van der Waals surface area contributed by atoms with Crippen molar-refractivity contribution in [1.82, 2.24) is 29.7 Å². The number of nitrogens with zero attached hydrogens (tertiary/aromatic N) is 6. The SMILES string of the molecule is COc1ccc(CCNC(=O)CC2CN(C(=O)Nc3ccccc3)CCN2c2cc(C)nc(-n3ccnc3)n2)cc1. The zero-order valence-corrected chi connectivity index (χ0v) is 23.2. The molecule has 212 valence electrons. The number of piperazine rings is 1. The van der Waals surface area contributed by atoms with Crippen molar-refractivity contribution in [2.45, 2.75) is 25.8 Å². The van der Waals surface area contributed by atoms with Gasteiger partial charge in [0, 0.05) is 62.4 Å². The molecule has 1 aliphatic rings. The van der Waals surface area contributed by atoms with Gasteiger partial charge in [0.05, 0.1) is 13.2 Å². The lowest BCUT2D eigenvalue weighted by atomic mass is 10.1. The number of rotatable bonds is 9. The van der Waals surface area contributed by atoms with Crippen molar-refractivity contribution in [1.29, 1.82) is 0 Å². The molecule has 1 unspecified atom stereocenters. The third-order valence-electron chi connectivity index (χ3n) is 6.97. The number of hydrogen-bond donors (Lipinski definition) is 2. The third kappa shape index (κ3) is 7.18. The van der Waals surface area contributed by atoms with Gasteiger partial charge in [0.1, 0.15) is 17.9 Å². The highest BCUT2D eigenvalue weighted by molar-refractivity contribution is 5.89. The Kier molecular flexibility index (Phi) is 8.73. The van der Waals surface area contributed by atoms with Crippen LogP contribution < -0.4 is 20.3 Å². The zero-order valence-electron chi connectivity index (χ0n) is 23.2. The molecule has 41 heavy (non-hydrogen) atoms. The molecule has 2 aromatic carbocycles. The van der Waals surface area contributed by atoms with E-state index in [0.29, 0.717) is 44.4 Å². The number of benzene rings is 2. The van der Waals surface area contributed by atoms with Crippen LogP contribution in [0.5, 0.6) is 5.75 Å². The minimum absolute atomic E-state index is 0.0839. The molecule has 11 heteroatoms. The van der Waals surface area contributed by atoms with Gasteiger partial charge in [-0.1, -0.05) is 30.3 Å². The number of imidazole rings is 1. The lowest BCUT2D eigenvalue weighted by molar-refractivity contribution is -0.121. The third-order valence-corrected chi connectivity index (χ3v) is 6.97. The van der Waals surface area contributed by atoms with Gasteiger partial charge in [-0.25, -0.2) is 14.8 Å². The summed E-state index contributed by atoms with van der Waals surface area (Å²) in [7, 11) is 1.64. The van der Waals surface area contributed by atoms with E-state index in [0.717, 1.165) is 22.7 Å². The van der Waals surface area contributed by atoms with E-state index in [9.17, 15) is 9.59 Å². The minimum Gasteiger partial charge on any atom is -0.497 e. The molecule has 0 saturated carbocycles. The van der Waals surface area contributed by atoms with Gasteiger partial charge in [-0.2, -0.15) is 4.98 Å². The number of methoxy groups -OCH3 is 1. The Balaban J connectivity index is 1.29. The van der Waals surface area contributed by atoms with Crippen LogP contribution in [0.15, 0.2) is 79.4 Å². The average molecular weight is 555 g/mol. The zero-order chi connectivity index (χ0) is 28.6. The van der Waals surface area contributed by atoms with Crippen molar-refractivity contribution in [2.75, 3.05) is 43.5 Å². The molecule has 0 aliphatic carbocycles. The second-order valence-corrected chi connectivity index (χ2v) is 9.88. The Morgan fingerprint density at radius 2 is 1.85 bits per heavy atom. The summed E-state index contributed by atoms with van der Waals surface area (Å²) >= 11 is 0. The molecule has 2 N–H and O–H groups in total. The number of hydrogen-bond acceptors (Lipinski definition) is 7. The Bertz CT molecular complexity index is 1440. The molecule has 0 radical (unpaired) electrons. The van der Waals surface area contributed by atoms with Crippen LogP contribution in [0.2, 0.25) is 0 Å². The van der Waals surface area contributed by atoms with Crippen LogP contribution in [-0.4, -0.2) is 75.7 Å². The van der Waals surface area contributed by atoms with Crippen molar-refractivity contribution >= 4 is 23.4 Å².